The molecule has 34 heavy (non-hydrogen) atoms. The van der Waals surface area contributed by atoms with Crippen LogP contribution in [0.25, 0.3) is 0 Å². The van der Waals surface area contributed by atoms with E-state index in [0.717, 1.165) is 6.42 Å². The third kappa shape index (κ3) is 5.13. The van der Waals surface area contributed by atoms with Gasteiger partial charge in [-0.1, -0.05) is 17.7 Å². The summed E-state index contributed by atoms with van der Waals surface area (Å²) in [7, 11) is -2.79. The molecule has 2 heterocycles. The number of pyridine rings is 1. The average molecular weight is 501 g/mol. The Kier molecular flexibility index (Phi) is 6.71. The number of anilines is 3. The van der Waals surface area contributed by atoms with Gasteiger partial charge >= 0.3 is 0 Å². The van der Waals surface area contributed by atoms with E-state index in [1.165, 1.54) is 31.5 Å². The molecule has 0 bridgehead atoms. The van der Waals surface area contributed by atoms with E-state index in [0.29, 0.717) is 34.9 Å². The van der Waals surface area contributed by atoms with E-state index < -0.39 is 15.9 Å². The van der Waals surface area contributed by atoms with Crippen LogP contribution in [0.2, 0.25) is 5.02 Å². The van der Waals surface area contributed by atoms with Gasteiger partial charge in [0.2, 0.25) is 11.8 Å². The van der Waals surface area contributed by atoms with Crippen molar-refractivity contribution in [3.8, 4) is 5.88 Å². The van der Waals surface area contributed by atoms with Gasteiger partial charge in [-0.3, -0.25) is 14.3 Å². The van der Waals surface area contributed by atoms with E-state index in [-0.39, 0.29) is 22.4 Å². The average Bonchev–Trinajstić information content (AvgIpc) is 3.26. The van der Waals surface area contributed by atoms with Crippen molar-refractivity contribution in [3.05, 3.63) is 71.4 Å². The van der Waals surface area contributed by atoms with E-state index >= 15 is 0 Å². The van der Waals surface area contributed by atoms with Gasteiger partial charge in [-0.05, 0) is 55.0 Å². The zero-order valence-corrected chi connectivity index (χ0v) is 19.7. The number of rotatable bonds is 7. The molecule has 1 saturated heterocycles. The number of hydrogen-bond donors (Lipinski definition) is 2. The molecular weight excluding hydrogens is 480 g/mol. The lowest BCUT2D eigenvalue weighted by Crippen LogP contribution is -2.24. The first-order valence-corrected chi connectivity index (χ1v) is 12.2. The molecule has 11 heteroatoms. The Morgan fingerprint density at radius 3 is 2.56 bits per heavy atom. The van der Waals surface area contributed by atoms with E-state index in [2.05, 4.69) is 15.0 Å². The Morgan fingerprint density at radius 1 is 1.12 bits per heavy atom. The molecule has 1 aliphatic heterocycles. The molecule has 3 aromatic rings. The van der Waals surface area contributed by atoms with Crippen molar-refractivity contribution in [2.24, 2.45) is 0 Å². The highest BCUT2D eigenvalue weighted by Gasteiger charge is 2.24. The van der Waals surface area contributed by atoms with Crippen LogP contribution in [0.4, 0.5) is 17.1 Å². The lowest BCUT2D eigenvalue weighted by Gasteiger charge is -2.16. The smallest absolute Gasteiger partial charge is 0.267 e. The van der Waals surface area contributed by atoms with Gasteiger partial charge in [0, 0.05) is 34.9 Å². The van der Waals surface area contributed by atoms with Gasteiger partial charge in [-0.15, -0.1) is 0 Å². The summed E-state index contributed by atoms with van der Waals surface area (Å²) in [5.41, 5.74) is 1.41. The highest BCUT2D eigenvalue weighted by atomic mass is 35.5. The largest absolute Gasteiger partial charge is 0.480 e. The van der Waals surface area contributed by atoms with Crippen LogP contribution in [-0.2, 0) is 14.8 Å². The molecule has 2 aromatic carbocycles. The molecule has 0 atom stereocenters. The Balaban J connectivity index is 1.57. The zero-order valence-electron chi connectivity index (χ0n) is 18.1. The zero-order chi connectivity index (χ0) is 24.3. The van der Waals surface area contributed by atoms with Crippen LogP contribution in [0.5, 0.6) is 5.88 Å². The summed E-state index contributed by atoms with van der Waals surface area (Å²) in [6.07, 6.45) is 2.55. The van der Waals surface area contributed by atoms with Gasteiger partial charge in [-0.25, -0.2) is 13.4 Å². The molecule has 0 unspecified atom stereocenters. The number of methoxy groups -OCH3 is 1. The molecule has 0 spiro atoms. The molecule has 2 amide bonds. The fourth-order valence-corrected chi connectivity index (χ4v) is 4.84. The van der Waals surface area contributed by atoms with Crippen molar-refractivity contribution in [2.75, 3.05) is 28.6 Å². The van der Waals surface area contributed by atoms with Crippen LogP contribution >= 0.6 is 11.6 Å². The van der Waals surface area contributed by atoms with Crippen LogP contribution < -0.4 is 19.7 Å². The minimum absolute atomic E-state index is 0.0138. The summed E-state index contributed by atoms with van der Waals surface area (Å²) in [4.78, 5) is 30.3. The van der Waals surface area contributed by atoms with E-state index in [1.807, 2.05) is 0 Å². The van der Waals surface area contributed by atoms with Crippen molar-refractivity contribution in [3.63, 3.8) is 0 Å². The number of aromatic nitrogens is 1. The molecule has 1 aromatic heterocycles. The maximum atomic E-state index is 13.0. The van der Waals surface area contributed by atoms with Gasteiger partial charge in [0.05, 0.1) is 19.0 Å². The second kappa shape index (κ2) is 9.70. The quantitative estimate of drug-likeness (QED) is 0.507. The number of nitrogens with zero attached hydrogens (tertiary/aromatic N) is 2. The Labute approximate surface area is 201 Å². The van der Waals surface area contributed by atoms with Crippen molar-refractivity contribution in [1.82, 2.24) is 4.98 Å². The summed E-state index contributed by atoms with van der Waals surface area (Å²) in [5.74, 6) is -0.594. The summed E-state index contributed by atoms with van der Waals surface area (Å²) < 4.78 is 33.5. The number of ether oxygens (including phenoxy) is 1. The molecule has 1 aliphatic rings. The van der Waals surface area contributed by atoms with Crippen molar-refractivity contribution in [2.45, 2.75) is 17.7 Å². The van der Waals surface area contributed by atoms with Crippen LogP contribution in [-0.4, -0.2) is 38.9 Å². The SMILES string of the molecule is COc1ncc(NC(=O)c2cccc(N3CCCC3=O)c2)cc1S(=O)(=O)Nc1ccc(Cl)cc1. The molecule has 0 aliphatic carbocycles. The fourth-order valence-electron chi connectivity index (χ4n) is 3.51. The lowest BCUT2D eigenvalue weighted by molar-refractivity contribution is -0.117. The Morgan fingerprint density at radius 2 is 1.88 bits per heavy atom. The van der Waals surface area contributed by atoms with Crippen molar-refractivity contribution in [1.29, 1.82) is 0 Å². The number of carbonyl (C=O) groups excluding carboxylic acids is 2. The molecular formula is C23H21ClN4O5S. The van der Waals surface area contributed by atoms with E-state index in [9.17, 15) is 18.0 Å². The molecule has 176 valence electrons. The summed E-state index contributed by atoms with van der Waals surface area (Å²) in [6, 6.07) is 14.1. The fraction of sp³-hybridized carbons (Fsp3) is 0.174. The van der Waals surface area contributed by atoms with Crippen LogP contribution in [0, 0.1) is 0 Å². The number of benzene rings is 2. The van der Waals surface area contributed by atoms with Gasteiger partial charge < -0.3 is 15.0 Å². The topological polar surface area (TPSA) is 118 Å². The number of nitrogens with one attached hydrogen (secondary N) is 2. The predicted octanol–water partition coefficient (Wildman–Crippen LogP) is 3.92. The summed E-state index contributed by atoms with van der Waals surface area (Å²) in [5, 5.41) is 3.12. The summed E-state index contributed by atoms with van der Waals surface area (Å²) in [6.45, 7) is 0.605. The predicted molar refractivity (Wildman–Crippen MR) is 129 cm³/mol. The Bertz CT molecular complexity index is 1350. The number of hydrogen-bond acceptors (Lipinski definition) is 6. The minimum Gasteiger partial charge on any atom is -0.480 e. The monoisotopic (exact) mass is 500 g/mol. The molecule has 4 rings (SSSR count). The second-order valence-electron chi connectivity index (χ2n) is 7.50. The lowest BCUT2D eigenvalue weighted by atomic mass is 10.1. The first-order valence-electron chi connectivity index (χ1n) is 10.3. The second-order valence-corrected chi connectivity index (χ2v) is 9.58. The summed E-state index contributed by atoms with van der Waals surface area (Å²) >= 11 is 5.85. The van der Waals surface area contributed by atoms with Crippen molar-refractivity contribution < 1.29 is 22.7 Å². The molecule has 0 radical (unpaired) electrons. The number of halogens is 1. The van der Waals surface area contributed by atoms with E-state index in [1.54, 1.807) is 41.3 Å². The first-order chi connectivity index (χ1) is 16.3. The number of amides is 2. The Hall–Kier alpha value is -3.63. The van der Waals surface area contributed by atoms with Gasteiger partial charge in [-0.2, -0.15) is 0 Å². The molecule has 1 fully saturated rings. The first kappa shape index (κ1) is 23.5. The van der Waals surface area contributed by atoms with E-state index in [4.69, 9.17) is 16.3 Å². The highest BCUT2D eigenvalue weighted by molar-refractivity contribution is 7.92. The van der Waals surface area contributed by atoms with Crippen LogP contribution in [0.3, 0.4) is 0 Å². The normalized spacial score (nSPS) is 13.6. The van der Waals surface area contributed by atoms with Crippen LogP contribution in [0.1, 0.15) is 23.2 Å². The standard InChI is InChI=1S/C23H21ClN4O5S/c1-33-23-20(34(31,32)27-17-9-7-16(24)8-10-17)13-18(14-25-23)26-22(30)15-4-2-5-19(12-15)28-11-3-6-21(28)29/h2,4-5,7-10,12-14,27H,3,6,11H2,1H3,(H,26,30). The van der Waals surface area contributed by atoms with Gasteiger partial charge in [0.15, 0.2) is 4.90 Å². The third-order valence-corrected chi connectivity index (χ3v) is 6.78. The maximum Gasteiger partial charge on any atom is 0.267 e. The molecule has 0 saturated carbocycles. The number of sulfonamides is 1. The minimum atomic E-state index is -4.09. The van der Waals surface area contributed by atoms with Crippen molar-refractivity contribution >= 4 is 50.5 Å². The van der Waals surface area contributed by atoms with Gasteiger partial charge in [0.1, 0.15) is 0 Å². The highest BCUT2D eigenvalue weighted by Crippen LogP contribution is 2.28. The number of carbonyl (C=O) groups is 2. The third-order valence-electron chi connectivity index (χ3n) is 5.15. The molecule has 2 N–H and O–H groups in total. The molecule has 9 nitrogen and oxygen atoms in total. The van der Waals surface area contributed by atoms with Gasteiger partial charge in [0.25, 0.3) is 15.9 Å². The van der Waals surface area contributed by atoms with Crippen LogP contribution in [0.15, 0.2) is 65.7 Å². The maximum absolute atomic E-state index is 13.0.